The lowest BCUT2D eigenvalue weighted by Crippen LogP contribution is -2.50. The highest BCUT2D eigenvalue weighted by atomic mass is 32.1. The molecule has 0 bridgehead atoms. The molecule has 5 rings (SSSR count). The molecule has 1 saturated heterocycles. The number of nitrogens with one attached hydrogen (secondary N) is 1. The number of hydrogen-bond acceptors (Lipinski definition) is 10. The van der Waals surface area contributed by atoms with E-state index >= 15 is 0 Å². The van der Waals surface area contributed by atoms with Gasteiger partial charge in [0.1, 0.15) is 11.4 Å². The van der Waals surface area contributed by atoms with Crippen molar-refractivity contribution >= 4 is 45.2 Å². The molecule has 0 aromatic carbocycles. The van der Waals surface area contributed by atoms with Crippen LogP contribution in [-0.2, 0) is 4.74 Å². The summed E-state index contributed by atoms with van der Waals surface area (Å²) in [5, 5.41) is 12.5. The predicted molar refractivity (Wildman–Crippen MR) is 150 cm³/mol. The summed E-state index contributed by atoms with van der Waals surface area (Å²) in [5.74, 6) is 1.70. The lowest BCUT2D eigenvalue weighted by atomic mass is 10.1. The SMILES string of the molecule is CC(C)c1cnnc(Nc2ccc3ncc(-c4cnc(N5CCN(C(=O)OC(C)(C)C)CC5)s4)cc3n2)c1. The normalized spacial score (nSPS) is 14.3. The molecule has 0 atom stereocenters. The fourth-order valence-corrected chi connectivity index (χ4v) is 5.00. The van der Waals surface area contributed by atoms with Gasteiger partial charge in [-0.3, -0.25) is 4.98 Å². The van der Waals surface area contributed by atoms with Crippen LogP contribution in [0, 0.1) is 0 Å². The third kappa shape index (κ3) is 5.99. The molecule has 5 heterocycles. The topological polar surface area (TPSA) is 109 Å². The molecule has 198 valence electrons. The van der Waals surface area contributed by atoms with E-state index in [1.807, 2.05) is 57.4 Å². The van der Waals surface area contributed by atoms with Crippen LogP contribution in [0.15, 0.2) is 42.9 Å². The van der Waals surface area contributed by atoms with E-state index in [-0.39, 0.29) is 6.09 Å². The van der Waals surface area contributed by atoms with E-state index in [0.717, 1.165) is 32.2 Å². The Kier molecular flexibility index (Phi) is 7.11. The molecular formula is C27H32N8O2S. The second-order valence-electron chi connectivity index (χ2n) is 10.6. The molecule has 0 aliphatic carbocycles. The number of aromatic nitrogens is 5. The highest BCUT2D eigenvalue weighted by Gasteiger charge is 2.27. The number of anilines is 3. The summed E-state index contributed by atoms with van der Waals surface area (Å²) in [7, 11) is 0. The van der Waals surface area contributed by atoms with Crippen molar-refractivity contribution < 1.29 is 9.53 Å². The van der Waals surface area contributed by atoms with Gasteiger partial charge in [0.2, 0.25) is 0 Å². The van der Waals surface area contributed by atoms with Crippen LogP contribution in [0.5, 0.6) is 0 Å². The lowest BCUT2D eigenvalue weighted by molar-refractivity contribution is 0.0240. The minimum atomic E-state index is -0.495. The molecule has 0 spiro atoms. The van der Waals surface area contributed by atoms with Crippen LogP contribution in [0.3, 0.4) is 0 Å². The summed E-state index contributed by atoms with van der Waals surface area (Å²) in [6.45, 7) is 12.5. The zero-order valence-electron chi connectivity index (χ0n) is 22.3. The number of ether oxygens (including phenoxy) is 1. The molecule has 11 heteroatoms. The van der Waals surface area contributed by atoms with Crippen LogP contribution in [0.1, 0.15) is 46.1 Å². The van der Waals surface area contributed by atoms with Crippen LogP contribution >= 0.6 is 11.3 Å². The number of nitrogens with zero attached hydrogens (tertiary/aromatic N) is 7. The van der Waals surface area contributed by atoms with E-state index in [9.17, 15) is 4.79 Å². The van der Waals surface area contributed by atoms with E-state index in [0.29, 0.717) is 43.7 Å². The first kappa shape index (κ1) is 25.8. The number of hydrogen-bond donors (Lipinski definition) is 1. The van der Waals surface area contributed by atoms with Gasteiger partial charge in [0, 0.05) is 44.1 Å². The fraction of sp³-hybridized carbons (Fsp3) is 0.407. The molecule has 1 amide bonds. The Morgan fingerprint density at radius 3 is 2.53 bits per heavy atom. The van der Waals surface area contributed by atoms with E-state index in [1.54, 1.807) is 22.4 Å². The molecule has 1 fully saturated rings. The Balaban J connectivity index is 1.28. The summed E-state index contributed by atoms with van der Waals surface area (Å²) < 4.78 is 5.50. The van der Waals surface area contributed by atoms with Gasteiger partial charge in [0.15, 0.2) is 10.9 Å². The molecule has 0 radical (unpaired) electrons. The molecule has 0 saturated carbocycles. The van der Waals surface area contributed by atoms with Gasteiger partial charge in [0.05, 0.1) is 22.1 Å². The molecule has 0 unspecified atom stereocenters. The summed E-state index contributed by atoms with van der Waals surface area (Å²) >= 11 is 1.61. The number of piperazine rings is 1. The van der Waals surface area contributed by atoms with Crippen molar-refractivity contribution in [3.8, 4) is 10.4 Å². The molecule has 1 aliphatic heterocycles. The van der Waals surface area contributed by atoms with Crippen LogP contribution in [0.25, 0.3) is 21.5 Å². The number of thiazole rings is 1. The minimum Gasteiger partial charge on any atom is -0.444 e. The number of carbonyl (C=O) groups excluding carboxylic acids is 1. The quantitative estimate of drug-likeness (QED) is 0.358. The Labute approximate surface area is 226 Å². The van der Waals surface area contributed by atoms with Gasteiger partial charge in [-0.2, -0.15) is 5.10 Å². The molecule has 1 aliphatic rings. The maximum absolute atomic E-state index is 12.4. The predicted octanol–water partition coefficient (Wildman–Crippen LogP) is 5.47. The van der Waals surface area contributed by atoms with Gasteiger partial charge in [0.25, 0.3) is 0 Å². The minimum absolute atomic E-state index is 0.264. The number of amides is 1. The standard InChI is InChI=1S/C27H32N8O2S/c1-17(2)18-13-24(33-30-15-18)32-23-7-6-20-21(31-23)12-19(14-28-20)22-16-29-25(38-22)34-8-10-35(11-9-34)26(36)37-27(3,4)5/h6-7,12-17H,8-11H2,1-5H3,(H,31,32,33). The number of rotatable bonds is 5. The highest BCUT2D eigenvalue weighted by Crippen LogP contribution is 2.33. The molecule has 10 nitrogen and oxygen atoms in total. The molecule has 4 aromatic rings. The molecule has 1 N–H and O–H groups in total. The second-order valence-corrected chi connectivity index (χ2v) is 11.6. The first-order chi connectivity index (χ1) is 18.1. The Morgan fingerprint density at radius 1 is 1.00 bits per heavy atom. The van der Waals surface area contributed by atoms with Crippen molar-refractivity contribution in [1.29, 1.82) is 0 Å². The van der Waals surface area contributed by atoms with Crippen molar-refractivity contribution in [3.05, 3.63) is 48.4 Å². The fourth-order valence-electron chi connectivity index (χ4n) is 4.05. The van der Waals surface area contributed by atoms with Crippen molar-refractivity contribution in [3.63, 3.8) is 0 Å². The second kappa shape index (κ2) is 10.5. The zero-order valence-corrected chi connectivity index (χ0v) is 23.1. The number of fused-ring (bicyclic) bond motifs is 1. The van der Waals surface area contributed by atoms with Gasteiger partial charge in [-0.15, -0.1) is 5.10 Å². The Bertz CT molecular complexity index is 1440. The summed E-state index contributed by atoms with van der Waals surface area (Å²) in [6, 6.07) is 7.85. The Hall–Kier alpha value is -3.86. The van der Waals surface area contributed by atoms with Gasteiger partial charge >= 0.3 is 6.09 Å². The third-order valence-electron chi connectivity index (χ3n) is 6.12. The number of carbonyl (C=O) groups is 1. The highest BCUT2D eigenvalue weighted by molar-refractivity contribution is 7.18. The average molecular weight is 533 g/mol. The van der Waals surface area contributed by atoms with Crippen molar-refractivity contribution in [2.45, 2.75) is 46.1 Å². The summed E-state index contributed by atoms with van der Waals surface area (Å²) in [6.07, 6.45) is 5.25. The number of pyridine rings is 2. The van der Waals surface area contributed by atoms with Crippen LogP contribution in [0.2, 0.25) is 0 Å². The van der Waals surface area contributed by atoms with E-state index < -0.39 is 5.60 Å². The van der Waals surface area contributed by atoms with Crippen molar-refractivity contribution in [2.75, 3.05) is 36.4 Å². The van der Waals surface area contributed by atoms with E-state index in [4.69, 9.17) is 9.72 Å². The molecular weight excluding hydrogens is 500 g/mol. The van der Waals surface area contributed by atoms with Gasteiger partial charge < -0.3 is 19.9 Å². The monoisotopic (exact) mass is 532 g/mol. The smallest absolute Gasteiger partial charge is 0.410 e. The van der Waals surface area contributed by atoms with E-state index in [2.05, 4.69) is 44.2 Å². The maximum Gasteiger partial charge on any atom is 0.410 e. The van der Waals surface area contributed by atoms with E-state index in [1.165, 1.54) is 0 Å². The summed E-state index contributed by atoms with van der Waals surface area (Å²) in [5.41, 5.74) is 3.16. The molecule has 38 heavy (non-hydrogen) atoms. The van der Waals surface area contributed by atoms with Crippen LogP contribution in [0.4, 0.5) is 21.6 Å². The van der Waals surface area contributed by atoms with Crippen molar-refractivity contribution in [2.24, 2.45) is 0 Å². The zero-order chi connectivity index (χ0) is 26.9. The van der Waals surface area contributed by atoms with Crippen molar-refractivity contribution in [1.82, 2.24) is 30.0 Å². The lowest BCUT2D eigenvalue weighted by Gasteiger charge is -2.35. The molecule has 4 aromatic heterocycles. The Morgan fingerprint density at radius 2 is 1.79 bits per heavy atom. The maximum atomic E-state index is 12.4. The van der Waals surface area contributed by atoms with Gasteiger partial charge in [-0.1, -0.05) is 25.2 Å². The van der Waals surface area contributed by atoms with Gasteiger partial charge in [-0.05, 0) is 56.5 Å². The third-order valence-corrected chi connectivity index (χ3v) is 7.22. The van der Waals surface area contributed by atoms with Gasteiger partial charge in [-0.25, -0.2) is 14.8 Å². The largest absolute Gasteiger partial charge is 0.444 e. The van der Waals surface area contributed by atoms with Crippen LogP contribution in [-0.4, -0.2) is 67.9 Å². The first-order valence-electron chi connectivity index (χ1n) is 12.7. The average Bonchev–Trinajstić information content (AvgIpc) is 3.38. The summed E-state index contributed by atoms with van der Waals surface area (Å²) in [4.78, 5) is 31.4. The van der Waals surface area contributed by atoms with Crippen LogP contribution < -0.4 is 10.2 Å². The first-order valence-corrected chi connectivity index (χ1v) is 13.5.